The van der Waals surface area contributed by atoms with Gasteiger partial charge in [0.1, 0.15) is 17.7 Å². The number of hydrogen-bond acceptors (Lipinski definition) is 7. The van der Waals surface area contributed by atoms with Gasteiger partial charge < -0.3 is 15.5 Å². The van der Waals surface area contributed by atoms with Gasteiger partial charge in [-0.15, -0.1) is 0 Å². The molecule has 10 heteroatoms. The number of rotatable bonds is 6. The van der Waals surface area contributed by atoms with E-state index in [-0.39, 0.29) is 11.9 Å². The van der Waals surface area contributed by atoms with E-state index in [0.29, 0.717) is 17.7 Å². The molecular weight excluding hydrogens is 430 g/mol. The number of carbonyl (C=O) groups excluding carboxylic acids is 1. The normalized spacial score (nSPS) is 20.5. The molecule has 0 aromatic carbocycles. The summed E-state index contributed by atoms with van der Waals surface area (Å²) in [4.78, 5) is 24.8. The number of aromatic nitrogens is 6. The summed E-state index contributed by atoms with van der Waals surface area (Å²) in [5.74, 6) is 3.34. The minimum atomic E-state index is -0.307. The first-order valence-electron chi connectivity index (χ1n) is 12.5. The first kappa shape index (κ1) is 21.1. The van der Waals surface area contributed by atoms with Crippen molar-refractivity contribution in [2.45, 2.75) is 76.2 Å². The van der Waals surface area contributed by atoms with E-state index in [2.05, 4.69) is 37.1 Å². The van der Waals surface area contributed by atoms with E-state index >= 15 is 0 Å². The molecule has 178 valence electrons. The van der Waals surface area contributed by atoms with Gasteiger partial charge in [0.2, 0.25) is 11.9 Å². The van der Waals surface area contributed by atoms with Crippen LogP contribution in [0.4, 0.5) is 23.4 Å². The molecule has 34 heavy (non-hydrogen) atoms. The van der Waals surface area contributed by atoms with Crippen LogP contribution in [0.3, 0.4) is 0 Å². The van der Waals surface area contributed by atoms with Crippen molar-refractivity contribution >= 4 is 29.3 Å². The maximum atomic E-state index is 13.0. The zero-order valence-corrected chi connectivity index (χ0v) is 19.3. The Kier molecular flexibility index (Phi) is 5.64. The molecule has 1 saturated carbocycles. The van der Waals surface area contributed by atoms with Crippen LogP contribution < -0.4 is 15.5 Å². The molecule has 3 aromatic rings. The lowest BCUT2D eigenvalue weighted by atomic mass is 9.87. The Labute approximate surface area is 198 Å². The first-order valence-corrected chi connectivity index (χ1v) is 12.5. The van der Waals surface area contributed by atoms with Gasteiger partial charge in [0.05, 0.1) is 11.9 Å². The molecule has 2 aliphatic carbocycles. The predicted octanol–water partition coefficient (Wildman–Crippen LogP) is 3.81. The van der Waals surface area contributed by atoms with Crippen LogP contribution in [-0.4, -0.2) is 48.9 Å². The van der Waals surface area contributed by atoms with Crippen LogP contribution in [0, 0.1) is 0 Å². The Balaban J connectivity index is 1.24. The van der Waals surface area contributed by atoms with Crippen LogP contribution in [0.1, 0.15) is 74.2 Å². The molecule has 2 fully saturated rings. The number of anilines is 4. The van der Waals surface area contributed by atoms with E-state index in [1.807, 2.05) is 4.90 Å². The predicted molar refractivity (Wildman–Crippen MR) is 129 cm³/mol. The second-order valence-electron chi connectivity index (χ2n) is 9.63. The Morgan fingerprint density at radius 1 is 1.03 bits per heavy atom. The van der Waals surface area contributed by atoms with Crippen LogP contribution in [0.25, 0.3) is 0 Å². The van der Waals surface area contributed by atoms with Crippen LogP contribution in [0.2, 0.25) is 0 Å². The highest BCUT2D eigenvalue weighted by molar-refractivity contribution is 5.96. The average molecular weight is 462 g/mol. The number of carbonyl (C=O) groups is 1. The van der Waals surface area contributed by atoms with Gasteiger partial charge in [0, 0.05) is 35.9 Å². The third kappa shape index (κ3) is 4.12. The van der Waals surface area contributed by atoms with Gasteiger partial charge >= 0.3 is 0 Å². The molecule has 1 atom stereocenters. The van der Waals surface area contributed by atoms with Crippen molar-refractivity contribution in [1.29, 1.82) is 0 Å². The summed E-state index contributed by atoms with van der Waals surface area (Å²) in [6.07, 6.45) is 12.7. The monoisotopic (exact) mass is 461 g/mol. The van der Waals surface area contributed by atoms with Crippen LogP contribution >= 0.6 is 0 Å². The highest BCUT2D eigenvalue weighted by Crippen LogP contribution is 2.35. The Bertz CT molecular complexity index is 1150. The van der Waals surface area contributed by atoms with E-state index < -0.39 is 0 Å². The van der Waals surface area contributed by atoms with E-state index in [9.17, 15) is 4.79 Å². The molecule has 1 aliphatic heterocycles. The fourth-order valence-corrected chi connectivity index (χ4v) is 5.62. The van der Waals surface area contributed by atoms with Gasteiger partial charge in [-0.2, -0.15) is 15.2 Å². The fourth-order valence-electron chi connectivity index (χ4n) is 5.62. The van der Waals surface area contributed by atoms with E-state index in [0.717, 1.165) is 56.0 Å². The zero-order chi connectivity index (χ0) is 22.9. The lowest BCUT2D eigenvalue weighted by Gasteiger charge is -2.25. The number of aryl methyl sites for hydroxylation is 1. The molecule has 1 amide bonds. The maximum Gasteiger partial charge on any atom is 0.248 e. The number of nitrogens with zero attached hydrogens (tertiary/aromatic N) is 5. The van der Waals surface area contributed by atoms with Crippen LogP contribution in [0.5, 0.6) is 0 Å². The van der Waals surface area contributed by atoms with Crippen molar-refractivity contribution in [1.82, 2.24) is 30.4 Å². The molecule has 0 bridgehead atoms. The molecule has 0 spiro atoms. The Hall–Kier alpha value is -3.43. The number of hydrogen-bond donors (Lipinski definition) is 4. The molecule has 3 aromatic heterocycles. The lowest BCUT2D eigenvalue weighted by Crippen LogP contribution is -2.40. The van der Waals surface area contributed by atoms with Crippen molar-refractivity contribution in [3.05, 3.63) is 35.3 Å². The molecule has 3 aliphatic rings. The molecule has 1 saturated heterocycles. The molecule has 0 unspecified atom stereocenters. The van der Waals surface area contributed by atoms with Crippen molar-refractivity contribution < 1.29 is 4.79 Å². The molecule has 10 nitrogen and oxygen atoms in total. The summed E-state index contributed by atoms with van der Waals surface area (Å²) in [6.45, 7) is 0.757. The second kappa shape index (κ2) is 9.08. The Morgan fingerprint density at radius 3 is 2.79 bits per heavy atom. The topological polar surface area (TPSA) is 128 Å². The van der Waals surface area contributed by atoms with Gasteiger partial charge in [0.15, 0.2) is 5.82 Å². The number of fused-ring (bicyclic) bond motifs is 1. The van der Waals surface area contributed by atoms with Gasteiger partial charge in [-0.25, -0.2) is 4.98 Å². The third-order valence-corrected chi connectivity index (χ3v) is 7.38. The largest absolute Gasteiger partial charge is 0.329 e. The smallest absolute Gasteiger partial charge is 0.248 e. The molecular formula is C24H31N9O. The zero-order valence-electron chi connectivity index (χ0n) is 19.3. The SMILES string of the molecule is O=C(Nc1ccn[nH]1)[C@H]1CCCN1c1nc2c(c(Nc3cc(C4CCCCC4)[nH]n3)n1)CCC2. The molecule has 4 heterocycles. The third-order valence-electron chi connectivity index (χ3n) is 7.38. The summed E-state index contributed by atoms with van der Waals surface area (Å²) < 4.78 is 0. The van der Waals surface area contributed by atoms with Crippen molar-refractivity contribution in [3.63, 3.8) is 0 Å². The summed E-state index contributed by atoms with van der Waals surface area (Å²) in [5.41, 5.74) is 3.46. The number of H-pyrrole nitrogens is 2. The van der Waals surface area contributed by atoms with Gasteiger partial charge in [-0.05, 0) is 44.9 Å². The van der Waals surface area contributed by atoms with Crippen LogP contribution in [0.15, 0.2) is 18.3 Å². The molecule has 0 radical (unpaired) electrons. The lowest BCUT2D eigenvalue weighted by molar-refractivity contribution is -0.117. The van der Waals surface area contributed by atoms with Crippen molar-refractivity contribution in [3.8, 4) is 0 Å². The highest BCUT2D eigenvalue weighted by atomic mass is 16.2. The van der Waals surface area contributed by atoms with Gasteiger partial charge in [-0.3, -0.25) is 15.0 Å². The van der Waals surface area contributed by atoms with E-state index in [1.54, 1.807) is 12.3 Å². The number of amides is 1. The van der Waals surface area contributed by atoms with Crippen molar-refractivity contribution in [2.24, 2.45) is 0 Å². The summed E-state index contributed by atoms with van der Waals surface area (Å²) >= 11 is 0. The maximum absolute atomic E-state index is 13.0. The summed E-state index contributed by atoms with van der Waals surface area (Å²) in [6, 6.07) is 3.57. The van der Waals surface area contributed by atoms with Crippen molar-refractivity contribution in [2.75, 3.05) is 22.1 Å². The van der Waals surface area contributed by atoms with E-state index in [4.69, 9.17) is 9.97 Å². The molecule has 4 N–H and O–H groups in total. The van der Waals surface area contributed by atoms with E-state index in [1.165, 1.54) is 43.4 Å². The fraction of sp³-hybridized carbons (Fsp3) is 0.542. The minimum Gasteiger partial charge on any atom is -0.329 e. The average Bonchev–Trinajstić information content (AvgIpc) is 3.67. The highest BCUT2D eigenvalue weighted by Gasteiger charge is 2.34. The minimum absolute atomic E-state index is 0.0650. The van der Waals surface area contributed by atoms with Gasteiger partial charge in [-0.1, -0.05) is 19.3 Å². The van der Waals surface area contributed by atoms with Crippen LogP contribution in [-0.2, 0) is 17.6 Å². The number of nitrogens with one attached hydrogen (secondary N) is 4. The summed E-state index contributed by atoms with van der Waals surface area (Å²) in [7, 11) is 0. The molecule has 6 rings (SSSR count). The standard InChI is InChI=1S/C24H31N9O/c34-23(28-20-11-12-25-31-20)19-10-5-13-33(19)24-26-17-9-4-8-16(17)22(29-24)27-21-14-18(30-32-21)15-6-2-1-3-7-15/h11-12,14-15,19H,1-10,13H2,(H2,25,28,31,34)(H2,26,27,29,30,32)/t19-/m1/s1. The summed E-state index contributed by atoms with van der Waals surface area (Å²) in [5, 5.41) is 20.9. The Morgan fingerprint density at radius 2 is 1.94 bits per heavy atom. The number of aromatic amines is 2. The quantitative estimate of drug-likeness (QED) is 0.439. The van der Waals surface area contributed by atoms with Gasteiger partial charge in [0.25, 0.3) is 0 Å². The second-order valence-corrected chi connectivity index (χ2v) is 9.63. The first-order chi connectivity index (χ1) is 16.7.